The zero-order valence-electron chi connectivity index (χ0n) is 17.3. The molecule has 0 aromatic heterocycles. The predicted molar refractivity (Wildman–Crippen MR) is 117 cm³/mol. The summed E-state index contributed by atoms with van der Waals surface area (Å²) in [6.07, 6.45) is 0.423. The van der Waals surface area contributed by atoms with Gasteiger partial charge in [0.2, 0.25) is 5.91 Å². The molecule has 0 radical (unpaired) electrons. The smallest absolute Gasteiger partial charge is 0.257 e. The normalized spacial score (nSPS) is 19.5. The molecule has 2 aliphatic heterocycles. The molecule has 2 aromatic carbocycles. The van der Waals surface area contributed by atoms with Crippen LogP contribution < -0.4 is 0 Å². The molecular formula is C23H24ClFN4O2. The topological polar surface area (TPSA) is 56.2 Å². The third kappa shape index (κ3) is 4.78. The fraction of sp³-hybridized carbons (Fsp3) is 0.348. The van der Waals surface area contributed by atoms with Crippen LogP contribution in [0.4, 0.5) is 4.39 Å². The first-order chi connectivity index (χ1) is 14.9. The highest BCUT2D eigenvalue weighted by molar-refractivity contribution is 6.30. The Kier molecular flexibility index (Phi) is 6.34. The second kappa shape index (κ2) is 9.16. The van der Waals surface area contributed by atoms with Crippen molar-refractivity contribution >= 4 is 29.1 Å². The maximum atomic E-state index is 14.4. The van der Waals surface area contributed by atoms with Gasteiger partial charge in [0, 0.05) is 50.1 Å². The lowest BCUT2D eigenvalue weighted by Crippen LogP contribution is -2.50. The van der Waals surface area contributed by atoms with Crippen LogP contribution in [0.25, 0.3) is 0 Å². The molecule has 0 aliphatic carbocycles. The molecule has 0 N–H and O–H groups in total. The Morgan fingerprint density at radius 2 is 1.74 bits per heavy atom. The van der Waals surface area contributed by atoms with E-state index < -0.39 is 0 Å². The van der Waals surface area contributed by atoms with Crippen molar-refractivity contribution in [3.8, 4) is 0 Å². The van der Waals surface area contributed by atoms with E-state index in [1.54, 1.807) is 42.2 Å². The molecule has 1 fully saturated rings. The summed E-state index contributed by atoms with van der Waals surface area (Å²) in [4.78, 5) is 28.6. The standard InChI is InChI=1S/C23H24ClFN4O2/c1-16(30)28-12-10-27(11-13-28)15-23(31)29-22(17-6-8-18(24)9-7-17)14-21(26-29)19-4-2-3-5-20(19)25/h2-9,22H,10-15H2,1H3. The van der Waals surface area contributed by atoms with Gasteiger partial charge in [-0.05, 0) is 23.8 Å². The molecule has 0 spiro atoms. The number of nitrogens with zero attached hydrogens (tertiary/aromatic N) is 4. The van der Waals surface area contributed by atoms with Gasteiger partial charge in [-0.3, -0.25) is 14.5 Å². The van der Waals surface area contributed by atoms with Crippen molar-refractivity contribution in [2.45, 2.75) is 19.4 Å². The second-order valence-corrected chi connectivity index (χ2v) is 8.25. The van der Waals surface area contributed by atoms with Gasteiger partial charge in [0.05, 0.1) is 18.3 Å². The van der Waals surface area contributed by atoms with Gasteiger partial charge in [-0.1, -0.05) is 41.9 Å². The Balaban J connectivity index is 1.55. The summed E-state index contributed by atoms with van der Waals surface area (Å²) in [7, 11) is 0. The molecule has 0 bridgehead atoms. The van der Waals surface area contributed by atoms with Gasteiger partial charge >= 0.3 is 0 Å². The number of hydrogen-bond acceptors (Lipinski definition) is 4. The minimum absolute atomic E-state index is 0.0486. The number of benzene rings is 2. The molecule has 2 heterocycles. The van der Waals surface area contributed by atoms with Gasteiger partial charge in [-0.15, -0.1) is 0 Å². The molecule has 2 aromatic rings. The number of rotatable bonds is 4. The maximum absolute atomic E-state index is 14.4. The van der Waals surface area contributed by atoms with Crippen LogP contribution in [0.3, 0.4) is 0 Å². The number of hydrogen-bond donors (Lipinski definition) is 0. The van der Waals surface area contributed by atoms with Gasteiger partial charge in [-0.25, -0.2) is 9.40 Å². The van der Waals surface area contributed by atoms with E-state index in [0.29, 0.717) is 48.9 Å². The molecule has 1 saturated heterocycles. The van der Waals surface area contributed by atoms with E-state index in [1.807, 2.05) is 17.0 Å². The molecule has 2 amide bonds. The molecule has 31 heavy (non-hydrogen) atoms. The van der Waals surface area contributed by atoms with Gasteiger partial charge in [0.1, 0.15) is 5.82 Å². The molecule has 1 atom stereocenters. The summed E-state index contributed by atoms with van der Waals surface area (Å²) >= 11 is 6.03. The Hall–Kier alpha value is -2.77. The second-order valence-electron chi connectivity index (χ2n) is 7.82. The number of amides is 2. The summed E-state index contributed by atoms with van der Waals surface area (Å²) in [6, 6.07) is 13.5. The lowest BCUT2D eigenvalue weighted by atomic mass is 9.98. The summed E-state index contributed by atoms with van der Waals surface area (Å²) in [5.41, 5.74) is 1.86. The van der Waals surface area contributed by atoms with Gasteiger partial charge < -0.3 is 4.90 Å². The summed E-state index contributed by atoms with van der Waals surface area (Å²) in [5, 5.41) is 6.63. The van der Waals surface area contributed by atoms with Crippen LogP contribution in [-0.4, -0.2) is 65.1 Å². The summed E-state index contributed by atoms with van der Waals surface area (Å²) in [6.45, 7) is 4.23. The van der Waals surface area contributed by atoms with Crippen molar-refractivity contribution in [3.63, 3.8) is 0 Å². The van der Waals surface area contributed by atoms with Crippen LogP contribution in [0.1, 0.15) is 30.5 Å². The average Bonchev–Trinajstić information content (AvgIpc) is 3.20. The highest BCUT2D eigenvalue weighted by Gasteiger charge is 2.35. The first-order valence-electron chi connectivity index (χ1n) is 10.3. The summed E-state index contributed by atoms with van der Waals surface area (Å²) in [5.74, 6) is -0.458. The Morgan fingerprint density at radius 3 is 2.39 bits per heavy atom. The minimum atomic E-state index is -0.356. The van der Waals surface area contributed by atoms with E-state index in [2.05, 4.69) is 5.10 Å². The Morgan fingerprint density at radius 1 is 1.06 bits per heavy atom. The number of carbonyl (C=O) groups is 2. The van der Waals surface area contributed by atoms with Crippen molar-refractivity contribution in [2.24, 2.45) is 5.10 Å². The number of carbonyl (C=O) groups excluding carboxylic acids is 2. The number of hydrazone groups is 1. The van der Waals surface area contributed by atoms with Crippen molar-refractivity contribution in [3.05, 3.63) is 70.5 Å². The zero-order chi connectivity index (χ0) is 22.0. The van der Waals surface area contributed by atoms with Gasteiger partial charge in [0.15, 0.2) is 0 Å². The monoisotopic (exact) mass is 442 g/mol. The van der Waals surface area contributed by atoms with Crippen molar-refractivity contribution in [1.29, 1.82) is 0 Å². The highest BCUT2D eigenvalue weighted by atomic mass is 35.5. The van der Waals surface area contributed by atoms with E-state index in [1.165, 1.54) is 11.1 Å². The van der Waals surface area contributed by atoms with E-state index >= 15 is 0 Å². The van der Waals surface area contributed by atoms with Gasteiger partial charge in [-0.2, -0.15) is 5.10 Å². The number of halogens is 2. The predicted octanol–water partition coefficient (Wildman–Crippen LogP) is 3.32. The lowest BCUT2D eigenvalue weighted by Gasteiger charge is -2.34. The fourth-order valence-corrected chi connectivity index (χ4v) is 4.15. The van der Waals surface area contributed by atoms with Crippen LogP contribution in [0.2, 0.25) is 5.02 Å². The molecule has 1 unspecified atom stereocenters. The molecule has 0 saturated carbocycles. The minimum Gasteiger partial charge on any atom is -0.340 e. The van der Waals surface area contributed by atoms with Gasteiger partial charge in [0.25, 0.3) is 5.91 Å². The quantitative estimate of drug-likeness (QED) is 0.729. The molecule has 4 rings (SSSR count). The zero-order valence-corrected chi connectivity index (χ0v) is 18.1. The largest absolute Gasteiger partial charge is 0.340 e. The Bertz CT molecular complexity index is 1000. The maximum Gasteiger partial charge on any atom is 0.257 e. The highest BCUT2D eigenvalue weighted by Crippen LogP contribution is 2.34. The van der Waals surface area contributed by atoms with Crippen LogP contribution in [0, 0.1) is 5.82 Å². The fourth-order valence-electron chi connectivity index (χ4n) is 4.03. The first kappa shape index (κ1) is 21.5. The van der Waals surface area contributed by atoms with Crippen LogP contribution >= 0.6 is 11.6 Å². The third-order valence-corrected chi connectivity index (χ3v) is 6.03. The lowest BCUT2D eigenvalue weighted by molar-refractivity contribution is -0.135. The van der Waals surface area contributed by atoms with E-state index in [-0.39, 0.29) is 30.2 Å². The van der Waals surface area contributed by atoms with Crippen LogP contribution in [-0.2, 0) is 9.59 Å². The number of piperazine rings is 1. The molecular weight excluding hydrogens is 419 g/mol. The molecule has 162 valence electrons. The summed E-state index contributed by atoms with van der Waals surface area (Å²) < 4.78 is 14.4. The van der Waals surface area contributed by atoms with E-state index in [4.69, 9.17) is 11.6 Å². The van der Waals surface area contributed by atoms with Crippen LogP contribution in [0.15, 0.2) is 53.6 Å². The average molecular weight is 443 g/mol. The first-order valence-corrected chi connectivity index (χ1v) is 10.7. The van der Waals surface area contributed by atoms with Crippen molar-refractivity contribution < 1.29 is 14.0 Å². The Labute approximate surface area is 185 Å². The van der Waals surface area contributed by atoms with Crippen molar-refractivity contribution in [2.75, 3.05) is 32.7 Å². The van der Waals surface area contributed by atoms with Crippen LogP contribution in [0.5, 0.6) is 0 Å². The third-order valence-electron chi connectivity index (χ3n) is 5.78. The molecule has 6 nitrogen and oxygen atoms in total. The molecule has 2 aliphatic rings. The SMILES string of the molecule is CC(=O)N1CCN(CC(=O)N2N=C(c3ccccc3F)CC2c2ccc(Cl)cc2)CC1. The van der Waals surface area contributed by atoms with E-state index in [9.17, 15) is 14.0 Å². The van der Waals surface area contributed by atoms with E-state index in [0.717, 1.165) is 5.56 Å². The molecule has 8 heteroatoms. The van der Waals surface area contributed by atoms with Crippen molar-refractivity contribution in [1.82, 2.24) is 14.8 Å².